The summed E-state index contributed by atoms with van der Waals surface area (Å²) in [6, 6.07) is 8.51. The van der Waals surface area contributed by atoms with E-state index in [0.717, 1.165) is 31.1 Å². The van der Waals surface area contributed by atoms with E-state index in [2.05, 4.69) is 14.6 Å². The van der Waals surface area contributed by atoms with Gasteiger partial charge in [-0.15, -0.1) is 11.3 Å². The van der Waals surface area contributed by atoms with Gasteiger partial charge in [0.05, 0.1) is 4.90 Å². The molecule has 0 amide bonds. The lowest BCUT2D eigenvalue weighted by atomic mass is 10.1. The zero-order chi connectivity index (χ0) is 14.7. The van der Waals surface area contributed by atoms with Crippen molar-refractivity contribution >= 4 is 26.5 Å². The van der Waals surface area contributed by atoms with Crippen molar-refractivity contribution in [2.45, 2.75) is 23.8 Å². The van der Waals surface area contributed by atoms with Gasteiger partial charge in [0.25, 0.3) is 0 Å². The first-order valence-corrected chi connectivity index (χ1v) is 9.23. The number of thiazole rings is 1. The van der Waals surface area contributed by atoms with Gasteiger partial charge in [-0.2, -0.15) is 0 Å². The van der Waals surface area contributed by atoms with Crippen LogP contribution >= 0.6 is 11.3 Å². The number of hydrogen-bond donors (Lipinski definition) is 1. The van der Waals surface area contributed by atoms with Crippen LogP contribution in [-0.4, -0.2) is 32.5 Å². The van der Waals surface area contributed by atoms with Crippen LogP contribution in [0.5, 0.6) is 0 Å². The molecule has 0 saturated carbocycles. The molecular weight excluding hydrogens is 306 g/mol. The van der Waals surface area contributed by atoms with Crippen molar-refractivity contribution in [1.82, 2.24) is 9.71 Å². The third kappa shape index (κ3) is 3.42. The molecule has 112 valence electrons. The summed E-state index contributed by atoms with van der Waals surface area (Å²) in [6.45, 7) is 1.66. The molecule has 1 aromatic carbocycles. The second kappa shape index (κ2) is 6.13. The highest BCUT2D eigenvalue weighted by molar-refractivity contribution is 7.89. The second-order valence-corrected chi connectivity index (χ2v) is 7.60. The highest BCUT2D eigenvalue weighted by Crippen LogP contribution is 2.22. The minimum Gasteiger partial charge on any atom is -0.348 e. The molecule has 1 aliphatic rings. The molecule has 1 aromatic heterocycles. The quantitative estimate of drug-likeness (QED) is 0.936. The van der Waals surface area contributed by atoms with E-state index in [4.69, 9.17) is 0 Å². The number of rotatable bonds is 4. The summed E-state index contributed by atoms with van der Waals surface area (Å²) in [4.78, 5) is 6.83. The standard InChI is InChI=1S/C14H17N3O2S2/c18-21(19,13-4-2-1-3-5-13)16-12-6-9-17(10-7-12)14-15-8-11-20-14/h1-5,8,11-12,16H,6-7,9-10H2. The van der Waals surface area contributed by atoms with Crippen LogP contribution in [0.1, 0.15) is 12.8 Å². The van der Waals surface area contributed by atoms with E-state index in [-0.39, 0.29) is 6.04 Å². The highest BCUT2D eigenvalue weighted by atomic mass is 32.2. The molecule has 7 heteroatoms. The molecule has 0 bridgehead atoms. The molecular formula is C14H17N3O2S2. The van der Waals surface area contributed by atoms with Crippen LogP contribution in [0, 0.1) is 0 Å². The molecule has 1 saturated heterocycles. The fraction of sp³-hybridized carbons (Fsp3) is 0.357. The Kier molecular flexibility index (Phi) is 4.23. The number of aromatic nitrogens is 1. The van der Waals surface area contributed by atoms with Crippen molar-refractivity contribution < 1.29 is 8.42 Å². The molecule has 2 heterocycles. The lowest BCUT2D eigenvalue weighted by Gasteiger charge is -2.31. The number of benzene rings is 1. The first kappa shape index (κ1) is 14.5. The first-order valence-electron chi connectivity index (χ1n) is 6.87. The number of anilines is 1. The maximum absolute atomic E-state index is 12.3. The van der Waals surface area contributed by atoms with Crippen molar-refractivity contribution in [1.29, 1.82) is 0 Å². The van der Waals surface area contributed by atoms with Gasteiger partial charge in [-0.1, -0.05) is 18.2 Å². The minimum absolute atomic E-state index is 0.00795. The predicted octanol–water partition coefficient (Wildman–Crippen LogP) is 2.09. The van der Waals surface area contributed by atoms with Crippen molar-refractivity contribution in [2.24, 2.45) is 0 Å². The van der Waals surface area contributed by atoms with Crippen LogP contribution in [0.25, 0.3) is 0 Å². The highest BCUT2D eigenvalue weighted by Gasteiger charge is 2.25. The van der Waals surface area contributed by atoms with Crippen molar-refractivity contribution in [2.75, 3.05) is 18.0 Å². The van der Waals surface area contributed by atoms with Crippen molar-refractivity contribution in [3.8, 4) is 0 Å². The monoisotopic (exact) mass is 323 g/mol. The predicted molar refractivity (Wildman–Crippen MR) is 84.1 cm³/mol. The Morgan fingerprint density at radius 3 is 2.52 bits per heavy atom. The number of nitrogens with zero attached hydrogens (tertiary/aromatic N) is 2. The largest absolute Gasteiger partial charge is 0.348 e. The Labute approximate surface area is 128 Å². The van der Waals surface area contributed by atoms with Gasteiger partial charge in [0, 0.05) is 30.7 Å². The molecule has 1 fully saturated rings. The van der Waals surface area contributed by atoms with Crippen LogP contribution in [0.3, 0.4) is 0 Å². The zero-order valence-corrected chi connectivity index (χ0v) is 13.1. The number of nitrogens with one attached hydrogen (secondary N) is 1. The van der Waals surface area contributed by atoms with Gasteiger partial charge >= 0.3 is 0 Å². The Balaban J connectivity index is 1.61. The lowest BCUT2D eigenvalue weighted by Crippen LogP contribution is -2.44. The SMILES string of the molecule is O=S(=O)(NC1CCN(c2nccs2)CC1)c1ccccc1. The summed E-state index contributed by atoms with van der Waals surface area (Å²) >= 11 is 1.62. The van der Waals surface area contributed by atoms with E-state index in [1.54, 1.807) is 41.8 Å². The summed E-state index contributed by atoms with van der Waals surface area (Å²) in [5.41, 5.74) is 0. The summed E-state index contributed by atoms with van der Waals surface area (Å²) in [7, 11) is -3.41. The van der Waals surface area contributed by atoms with Crippen LogP contribution < -0.4 is 9.62 Å². The molecule has 1 N–H and O–H groups in total. The molecule has 1 aliphatic heterocycles. The van der Waals surface area contributed by atoms with E-state index >= 15 is 0 Å². The minimum atomic E-state index is -3.41. The molecule has 0 unspecified atom stereocenters. The number of hydrogen-bond acceptors (Lipinski definition) is 5. The summed E-state index contributed by atoms with van der Waals surface area (Å²) in [5.74, 6) is 0. The van der Waals surface area contributed by atoms with Crippen LogP contribution in [0.2, 0.25) is 0 Å². The maximum Gasteiger partial charge on any atom is 0.240 e. The lowest BCUT2D eigenvalue weighted by molar-refractivity contribution is 0.460. The molecule has 2 aromatic rings. The Morgan fingerprint density at radius 2 is 1.90 bits per heavy atom. The molecule has 5 nitrogen and oxygen atoms in total. The third-order valence-electron chi connectivity index (χ3n) is 3.56. The van der Waals surface area contributed by atoms with Crippen LogP contribution in [-0.2, 0) is 10.0 Å². The van der Waals surface area contributed by atoms with E-state index in [1.807, 2.05) is 11.4 Å². The Bertz CT molecular complexity index is 664. The van der Waals surface area contributed by atoms with Gasteiger partial charge in [0.15, 0.2) is 5.13 Å². The van der Waals surface area contributed by atoms with E-state index in [0.29, 0.717) is 4.90 Å². The van der Waals surface area contributed by atoms with Crippen LogP contribution in [0.15, 0.2) is 46.8 Å². The van der Waals surface area contributed by atoms with E-state index in [9.17, 15) is 8.42 Å². The number of sulfonamides is 1. The molecule has 0 atom stereocenters. The normalized spacial score (nSPS) is 17.0. The van der Waals surface area contributed by atoms with Gasteiger partial charge in [-0.05, 0) is 25.0 Å². The van der Waals surface area contributed by atoms with Crippen molar-refractivity contribution in [3.63, 3.8) is 0 Å². The fourth-order valence-electron chi connectivity index (χ4n) is 2.45. The zero-order valence-electron chi connectivity index (χ0n) is 11.5. The summed E-state index contributed by atoms with van der Waals surface area (Å²) in [6.07, 6.45) is 3.39. The maximum atomic E-state index is 12.3. The summed E-state index contributed by atoms with van der Waals surface area (Å²) < 4.78 is 27.4. The van der Waals surface area contributed by atoms with Crippen LogP contribution in [0.4, 0.5) is 5.13 Å². The smallest absolute Gasteiger partial charge is 0.240 e. The number of piperidine rings is 1. The third-order valence-corrected chi connectivity index (χ3v) is 5.93. The van der Waals surface area contributed by atoms with Gasteiger partial charge in [0.2, 0.25) is 10.0 Å². The fourth-order valence-corrected chi connectivity index (χ4v) is 4.47. The first-order chi connectivity index (χ1) is 10.1. The molecule has 3 rings (SSSR count). The second-order valence-electron chi connectivity index (χ2n) is 5.01. The Hall–Kier alpha value is -1.44. The van der Waals surface area contributed by atoms with Gasteiger partial charge in [-0.25, -0.2) is 18.1 Å². The molecule has 0 spiro atoms. The topological polar surface area (TPSA) is 62.3 Å². The van der Waals surface area contributed by atoms with Gasteiger partial charge in [-0.3, -0.25) is 0 Å². The molecule has 21 heavy (non-hydrogen) atoms. The summed E-state index contributed by atoms with van der Waals surface area (Å²) in [5, 5.41) is 2.97. The Morgan fingerprint density at radius 1 is 1.19 bits per heavy atom. The van der Waals surface area contributed by atoms with Crippen molar-refractivity contribution in [3.05, 3.63) is 41.9 Å². The average molecular weight is 323 g/mol. The van der Waals surface area contributed by atoms with E-state index < -0.39 is 10.0 Å². The molecule has 0 radical (unpaired) electrons. The van der Waals surface area contributed by atoms with Gasteiger partial charge < -0.3 is 4.90 Å². The van der Waals surface area contributed by atoms with Gasteiger partial charge in [0.1, 0.15) is 0 Å². The van der Waals surface area contributed by atoms with E-state index in [1.165, 1.54) is 0 Å². The molecule has 0 aliphatic carbocycles. The average Bonchev–Trinajstić information content (AvgIpc) is 3.03.